The van der Waals surface area contributed by atoms with Gasteiger partial charge in [0.1, 0.15) is 6.61 Å². The predicted octanol–water partition coefficient (Wildman–Crippen LogP) is 0.267. The molecule has 0 bridgehead atoms. The average molecular weight is 188 g/mol. The van der Waals surface area contributed by atoms with Crippen molar-refractivity contribution in [3.05, 3.63) is 0 Å². The minimum atomic E-state index is -0.0503. The molecule has 13 heavy (non-hydrogen) atoms. The van der Waals surface area contributed by atoms with E-state index in [9.17, 15) is 4.79 Å². The summed E-state index contributed by atoms with van der Waals surface area (Å²) in [6.07, 6.45) is 1.99. The number of hydrogen-bond donors (Lipinski definition) is 2. The van der Waals surface area contributed by atoms with E-state index >= 15 is 0 Å². The lowest BCUT2D eigenvalue weighted by Crippen LogP contribution is -2.29. The minimum absolute atomic E-state index is 0.0503. The van der Waals surface area contributed by atoms with Crippen LogP contribution in [0.25, 0.3) is 0 Å². The number of ether oxygens (including phenoxy) is 1. The molecule has 0 atom stereocenters. The topological polar surface area (TPSA) is 64.3 Å². The number of carbonyl (C=O) groups excluding carboxylic acids is 1. The van der Waals surface area contributed by atoms with Crippen LogP contribution in [0.15, 0.2) is 0 Å². The highest BCUT2D eigenvalue weighted by atomic mass is 16.5. The van der Waals surface area contributed by atoms with Gasteiger partial charge in [0, 0.05) is 6.54 Å². The zero-order chi connectivity index (χ0) is 10.1. The quantitative estimate of drug-likeness (QED) is 0.563. The number of unbranched alkanes of at least 4 members (excludes halogenated alkanes) is 1. The molecule has 0 aliphatic rings. The molecule has 0 saturated heterocycles. The van der Waals surface area contributed by atoms with Crippen LogP contribution in [0.1, 0.15) is 26.7 Å². The van der Waals surface area contributed by atoms with Crippen molar-refractivity contribution in [3.8, 4) is 0 Å². The molecular weight excluding hydrogens is 168 g/mol. The summed E-state index contributed by atoms with van der Waals surface area (Å²) in [5.74, 6) is -0.0503. The number of hydrogen-bond acceptors (Lipinski definition) is 3. The predicted molar refractivity (Wildman–Crippen MR) is 52.4 cm³/mol. The van der Waals surface area contributed by atoms with Gasteiger partial charge in [0.15, 0.2) is 0 Å². The molecule has 0 aliphatic carbocycles. The van der Waals surface area contributed by atoms with Crippen LogP contribution in [0.5, 0.6) is 0 Å². The molecule has 0 unspecified atom stereocenters. The number of nitrogens with two attached hydrogens (primary N) is 1. The molecule has 0 aromatic heterocycles. The van der Waals surface area contributed by atoms with Crippen LogP contribution in [0.2, 0.25) is 0 Å². The zero-order valence-electron chi connectivity index (χ0n) is 8.51. The van der Waals surface area contributed by atoms with Crippen molar-refractivity contribution in [2.24, 2.45) is 5.73 Å². The highest BCUT2D eigenvalue weighted by molar-refractivity contribution is 5.77. The summed E-state index contributed by atoms with van der Waals surface area (Å²) >= 11 is 0. The third-order valence-electron chi connectivity index (χ3n) is 1.50. The summed E-state index contributed by atoms with van der Waals surface area (Å²) in [6.45, 7) is 5.33. The normalized spacial score (nSPS) is 10.5. The van der Waals surface area contributed by atoms with Gasteiger partial charge in [0.05, 0.1) is 6.10 Å². The van der Waals surface area contributed by atoms with Gasteiger partial charge < -0.3 is 15.8 Å². The number of amides is 1. The fourth-order valence-corrected chi connectivity index (χ4v) is 0.791. The fraction of sp³-hybridized carbons (Fsp3) is 0.889. The summed E-state index contributed by atoms with van der Waals surface area (Å²) < 4.78 is 5.12. The van der Waals surface area contributed by atoms with E-state index in [0.717, 1.165) is 12.8 Å². The number of nitrogens with one attached hydrogen (secondary N) is 1. The van der Waals surface area contributed by atoms with Crippen molar-refractivity contribution in [1.29, 1.82) is 0 Å². The largest absolute Gasteiger partial charge is 0.369 e. The van der Waals surface area contributed by atoms with Gasteiger partial charge in [-0.2, -0.15) is 0 Å². The summed E-state index contributed by atoms with van der Waals surface area (Å²) in [4.78, 5) is 11.0. The molecule has 0 saturated carbocycles. The Bertz CT molecular complexity index is 138. The lowest BCUT2D eigenvalue weighted by atomic mass is 10.3. The Morgan fingerprint density at radius 3 is 2.69 bits per heavy atom. The molecule has 0 radical (unpaired) electrons. The van der Waals surface area contributed by atoms with Gasteiger partial charge in [-0.1, -0.05) is 0 Å². The maximum atomic E-state index is 11.0. The van der Waals surface area contributed by atoms with E-state index in [2.05, 4.69) is 5.32 Å². The maximum Gasteiger partial charge on any atom is 0.246 e. The minimum Gasteiger partial charge on any atom is -0.369 e. The Kier molecular flexibility index (Phi) is 7.63. The van der Waals surface area contributed by atoms with Crippen LogP contribution >= 0.6 is 0 Å². The number of carbonyl (C=O) groups is 1. The van der Waals surface area contributed by atoms with E-state index in [4.69, 9.17) is 10.5 Å². The highest BCUT2D eigenvalue weighted by Crippen LogP contribution is 1.87. The van der Waals surface area contributed by atoms with Crippen LogP contribution in [0.4, 0.5) is 0 Å². The standard InChI is InChI=1S/C9H20N2O2/c1-8(2)13-7-9(12)11-6-4-3-5-10/h8H,3-7,10H2,1-2H3,(H,11,12). The van der Waals surface area contributed by atoms with Gasteiger partial charge in [-0.25, -0.2) is 0 Å². The Labute approximate surface area is 79.8 Å². The summed E-state index contributed by atoms with van der Waals surface area (Å²) in [7, 11) is 0. The van der Waals surface area contributed by atoms with Gasteiger partial charge in [0.25, 0.3) is 0 Å². The van der Waals surface area contributed by atoms with E-state index < -0.39 is 0 Å². The van der Waals surface area contributed by atoms with Gasteiger partial charge >= 0.3 is 0 Å². The van der Waals surface area contributed by atoms with E-state index in [-0.39, 0.29) is 18.6 Å². The van der Waals surface area contributed by atoms with Crippen LogP contribution in [0, 0.1) is 0 Å². The molecule has 78 valence electrons. The second kappa shape index (κ2) is 8.01. The summed E-state index contributed by atoms with van der Waals surface area (Å²) in [5.41, 5.74) is 5.31. The molecule has 4 nitrogen and oxygen atoms in total. The van der Waals surface area contributed by atoms with E-state index in [1.165, 1.54) is 0 Å². The van der Waals surface area contributed by atoms with Crippen LogP contribution in [0.3, 0.4) is 0 Å². The van der Waals surface area contributed by atoms with Crippen LogP contribution < -0.4 is 11.1 Å². The lowest BCUT2D eigenvalue weighted by molar-refractivity contribution is -0.127. The van der Waals surface area contributed by atoms with Crippen molar-refractivity contribution in [2.45, 2.75) is 32.8 Å². The average Bonchev–Trinajstić information content (AvgIpc) is 2.09. The first kappa shape index (κ1) is 12.4. The molecule has 0 fully saturated rings. The SMILES string of the molecule is CC(C)OCC(=O)NCCCCN. The first-order valence-electron chi connectivity index (χ1n) is 4.75. The van der Waals surface area contributed by atoms with Crippen molar-refractivity contribution >= 4 is 5.91 Å². The first-order valence-corrected chi connectivity index (χ1v) is 4.75. The van der Waals surface area contributed by atoms with Gasteiger partial charge in [-0.3, -0.25) is 4.79 Å². The zero-order valence-corrected chi connectivity index (χ0v) is 8.51. The summed E-state index contributed by atoms with van der Waals surface area (Å²) in [6, 6.07) is 0. The molecule has 0 aliphatic heterocycles. The van der Waals surface area contributed by atoms with Crippen molar-refractivity contribution in [3.63, 3.8) is 0 Å². The van der Waals surface area contributed by atoms with E-state index in [0.29, 0.717) is 13.1 Å². The Morgan fingerprint density at radius 2 is 2.15 bits per heavy atom. The number of rotatable bonds is 7. The van der Waals surface area contributed by atoms with E-state index in [1.807, 2.05) is 13.8 Å². The fourth-order valence-electron chi connectivity index (χ4n) is 0.791. The van der Waals surface area contributed by atoms with Gasteiger partial charge in [-0.05, 0) is 33.2 Å². The van der Waals surface area contributed by atoms with Gasteiger partial charge in [0.2, 0.25) is 5.91 Å². The molecule has 0 heterocycles. The summed E-state index contributed by atoms with van der Waals surface area (Å²) in [5, 5.41) is 2.75. The Morgan fingerprint density at radius 1 is 1.46 bits per heavy atom. The third kappa shape index (κ3) is 9.30. The van der Waals surface area contributed by atoms with Gasteiger partial charge in [-0.15, -0.1) is 0 Å². The first-order chi connectivity index (χ1) is 6.16. The van der Waals surface area contributed by atoms with Crippen molar-refractivity contribution in [1.82, 2.24) is 5.32 Å². The third-order valence-corrected chi connectivity index (χ3v) is 1.50. The Hall–Kier alpha value is -0.610. The highest BCUT2D eigenvalue weighted by Gasteiger charge is 2.01. The Balaban J connectivity index is 3.20. The molecular formula is C9H20N2O2. The monoisotopic (exact) mass is 188 g/mol. The molecule has 0 aromatic carbocycles. The van der Waals surface area contributed by atoms with E-state index in [1.54, 1.807) is 0 Å². The lowest BCUT2D eigenvalue weighted by Gasteiger charge is -2.07. The molecule has 0 aromatic rings. The molecule has 0 rings (SSSR count). The molecule has 3 N–H and O–H groups in total. The second-order valence-corrected chi connectivity index (χ2v) is 3.21. The molecule has 4 heteroatoms. The van der Waals surface area contributed by atoms with Crippen molar-refractivity contribution in [2.75, 3.05) is 19.7 Å². The molecule has 0 spiro atoms. The van der Waals surface area contributed by atoms with Crippen molar-refractivity contribution < 1.29 is 9.53 Å². The maximum absolute atomic E-state index is 11.0. The van der Waals surface area contributed by atoms with Crippen LogP contribution in [-0.2, 0) is 9.53 Å². The second-order valence-electron chi connectivity index (χ2n) is 3.21. The smallest absolute Gasteiger partial charge is 0.246 e. The molecule has 1 amide bonds. The van der Waals surface area contributed by atoms with Crippen LogP contribution in [-0.4, -0.2) is 31.7 Å².